The number of para-hydroxylation sites is 1. The van der Waals surface area contributed by atoms with Gasteiger partial charge in [0.05, 0.1) is 11.7 Å². The smallest absolute Gasteiger partial charge is 0.223 e. The van der Waals surface area contributed by atoms with E-state index in [1.807, 2.05) is 24.1 Å². The van der Waals surface area contributed by atoms with Crippen molar-refractivity contribution in [3.05, 3.63) is 53.0 Å². The average Bonchev–Trinajstić information content (AvgIpc) is 3.29. The number of benzene rings is 1. The van der Waals surface area contributed by atoms with E-state index in [2.05, 4.69) is 40.3 Å². The van der Waals surface area contributed by atoms with Crippen LogP contribution >= 0.6 is 0 Å². The van der Waals surface area contributed by atoms with E-state index in [1.165, 1.54) is 29.5 Å². The second-order valence-electron chi connectivity index (χ2n) is 7.33. The maximum atomic E-state index is 12.7. The molecule has 5 heteroatoms. The number of hydrogen-bond acceptors (Lipinski definition) is 2. The Morgan fingerprint density at radius 1 is 1.27 bits per heavy atom. The van der Waals surface area contributed by atoms with Crippen molar-refractivity contribution in [1.29, 1.82) is 0 Å². The van der Waals surface area contributed by atoms with Crippen LogP contribution in [0.3, 0.4) is 0 Å². The normalized spacial score (nSPS) is 15.0. The van der Waals surface area contributed by atoms with Crippen molar-refractivity contribution in [3.63, 3.8) is 0 Å². The Hall–Kier alpha value is -2.56. The molecule has 26 heavy (non-hydrogen) atoms. The third-order valence-corrected chi connectivity index (χ3v) is 5.69. The van der Waals surface area contributed by atoms with Gasteiger partial charge >= 0.3 is 0 Å². The number of aromatic amines is 2. The van der Waals surface area contributed by atoms with Gasteiger partial charge in [0.1, 0.15) is 0 Å². The summed E-state index contributed by atoms with van der Waals surface area (Å²) >= 11 is 0. The Labute approximate surface area is 153 Å². The molecule has 2 heterocycles. The lowest BCUT2D eigenvalue weighted by Gasteiger charge is -2.24. The van der Waals surface area contributed by atoms with Crippen LogP contribution in [0.1, 0.15) is 54.9 Å². The summed E-state index contributed by atoms with van der Waals surface area (Å²) in [5.74, 6) is 0.156. The van der Waals surface area contributed by atoms with E-state index < -0.39 is 0 Å². The fourth-order valence-electron chi connectivity index (χ4n) is 3.90. The quantitative estimate of drug-likeness (QED) is 0.732. The highest BCUT2D eigenvalue weighted by Gasteiger charge is 2.21. The first-order valence-corrected chi connectivity index (χ1v) is 9.52. The number of carbonyl (C=O) groups is 1. The van der Waals surface area contributed by atoms with E-state index in [0.29, 0.717) is 12.8 Å². The van der Waals surface area contributed by atoms with Crippen molar-refractivity contribution in [2.75, 3.05) is 7.05 Å². The zero-order valence-electron chi connectivity index (χ0n) is 15.5. The summed E-state index contributed by atoms with van der Waals surface area (Å²) in [6, 6.07) is 10.4. The molecule has 0 spiro atoms. The molecule has 1 aliphatic carbocycles. The van der Waals surface area contributed by atoms with Gasteiger partial charge in [0.15, 0.2) is 0 Å². The van der Waals surface area contributed by atoms with Gasteiger partial charge in [0.25, 0.3) is 0 Å². The lowest BCUT2D eigenvalue weighted by atomic mass is 9.94. The fourth-order valence-corrected chi connectivity index (χ4v) is 3.90. The van der Waals surface area contributed by atoms with Gasteiger partial charge in [-0.05, 0) is 55.7 Å². The molecular weight excluding hydrogens is 324 g/mol. The molecule has 0 radical (unpaired) electrons. The van der Waals surface area contributed by atoms with Crippen LogP contribution in [0.5, 0.6) is 0 Å². The maximum absolute atomic E-state index is 12.7. The molecule has 1 aromatic carbocycles. The molecule has 136 valence electrons. The second-order valence-corrected chi connectivity index (χ2v) is 7.33. The predicted molar refractivity (Wildman–Crippen MR) is 103 cm³/mol. The minimum atomic E-state index is 0.0167. The molecule has 2 aromatic heterocycles. The maximum Gasteiger partial charge on any atom is 0.223 e. The lowest BCUT2D eigenvalue weighted by Crippen LogP contribution is -2.30. The van der Waals surface area contributed by atoms with Crippen molar-refractivity contribution >= 4 is 16.8 Å². The molecule has 0 fully saturated rings. The van der Waals surface area contributed by atoms with Crippen LogP contribution in [0.25, 0.3) is 10.9 Å². The molecule has 5 nitrogen and oxygen atoms in total. The molecule has 0 saturated heterocycles. The number of hydrogen-bond donors (Lipinski definition) is 2. The number of nitrogens with one attached hydrogen (secondary N) is 2. The predicted octanol–water partition coefficient (Wildman–Crippen LogP) is 3.92. The Balaban J connectivity index is 1.41. The summed E-state index contributed by atoms with van der Waals surface area (Å²) < 4.78 is 0. The summed E-state index contributed by atoms with van der Waals surface area (Å²) in [5.41, 5.74) is 5.89. The first kappa shape index (κ1) is 16.9. The molecule has 1 amide bonds. The van der Waals surface area contributed by atoms with Crippen molar-refractivity contribution in [1.82, 2.24) is 20.1 Å². The second kappa shape index (κ2) is 6.98. The highest BCUT2D eigenvalue weighted by molar-refractivity contribution is 5.81. The Morgan fingerprint density at radius 3 is 2.92 bits per heavy atom. The van der Waals surface area contributed by atoms with Gasteiger partial charge in [-0.2, -0.15) is 5.10 Å². The summed E-state index contributed by atoms with van der Waals surface area (Å²) in [7, 11) is 1.89. The monoisotopic (exact) mass is 350 g/mol. The van der Waals surface area contributed by atoms with Crippen LogP contribution in [-0.4, -0.2) is 33.0 Å². The number of H-pyrrole nitrogens is 2. The lowest BCUT2D eigenvalue weighted by molar-refractivity contribution is -0.131. The number of carbonyl (C=O) groups excluding carboxylic acids is 1. The van der Waals surface area contributed by atoms with E-state index in [9.17, 15) is 4.79 Å². The van der Waals surface area contributed by atoms with Crippen LogP contribution in [0.15, 0.2) is 30.3 Å². The molecule has 1 atom stereocenters. The third kappa shape index (κ3) is 3.14. The number of aryl methyl sites for hydroxylation is 2. The number of rotatable bonds is 5. The highest BCUT2D eigenvalue weighted by atomic mass is 16.2. The molecule has 0 aliphatic heterocycles. The molecule has 1 aliphatic rings. The van der Waals surface area contributed by atoms with Crippen molar-refractivity contribution in [2.45, 2.75) is 51.5 Å². The third-order valence-electron chi connectivity index (χ3n) is 5.69. The van der Waals surface area contributed by atoms with E-state index >= 15 is 0 Å². The Bertz CT molecular complexity index is 890. The van der Waals surface area contributed by atoms with Gasteiger partial charge in [0, 0.05) is 36.8 Å². The van der Waals surface area contributed by atoms with Crippen molar-refractivity contribution in [2.24, 2.45) is 0 Å². The van der Waals surface area contributed by atoms with Gasteiger partial charge in [-0.25, -0.2) is 0 Å². The van der Waals surface area contributed by atoms with E-state index in [-0.39, 0.29) is 11.9 Å². The largest absolute Gasteiger partial charge is 0.357 e. The van der Waals surface area contributed by atoms with Gasteiger partial charge in [-0.3, -0.25) is 9.89 Å². The number of nitrogens with zero attached hydrogens (tertiary/aromatic N) is 2. The van der Waals surface area contributed by atoms with Crippen LogP contribution in [0.2, 0.25) is 0 Å². The molecule has 2 N–H and O–H groups in total. The van der Waals surface area contributed by atoms with E-state index in [0.717, 1.165) is 29.7 Å². The first-order valence-electron chi connectivity index (χ1n) is 9.52. The number of amides is 1. The van der Waals surface area contributed by atoms with E-state index in [1.54, 1.807) is 0 Å². The first-order chi connectivity index (χ1) is 12.6. The number of fused-ring (bicyclic) bond motifs is 2. The van der Waals surface area contributed by atoms with Crippen LogP contribution in [0.4, 0.5) is 0 Å². The van der Waals surface area contributed by atoms with Crippen LogP contribution in [-0.2, 0) is 24.1 Å². The van der Waals surface area contributed by atoms with Crippen molar-refractivity contribution in [3.8, 4) is 0 Å². The molecule has 4 rings (SSSR count). The summed E-state index contributed by atoms with van der Waals surface area (Å²) in [5, 5.41) is 8.80. The molecule has 3 aromatic rings. The van der Waals surface area contributed by atoms with Crippen LogP contribution < -0.4 is 0 Å². The Kier molecular flexibility index (Phi) is 4.53. The Morgan fingerprint density at radius 2 is 2.08 bits per heavy atom. The zero-order chi connectivity index (χ0) is 18.1. The number of aromatic nitrogens is 3. The minimum absolute atomic E-state index is 0.0167. The SMILES string of the molecule is C[C@H](c1cc2ccccc2[nH]1)N(C)C(=O)CCc1n[nH]c2c1CCCC2. The summed E-state index contributed by atoms with van der Waals surface area (Å²) in [6.45, 7) is 2.07. The van der Waals surface area contributed by atoms with Gasteiger partial charge in [0.2, 0.25) is 5.91 Å². The standard InChI is InChI=1S/C21H26N4O/c1-14(20-13-15-7-3-5-9-17(15)22-20)25(2)21(26)12-11-19-16-8-4-6-10-18(16)23-24-19/h3,5,7,9,13-14,22H,4,6,8,10-12H2,1-2H3,(H,23,24)/t14-/m1/s1. The summed E-state index contributed by atoms with van der Waals surface area (Å²) in [6.07, 6.45) is 5.86. The van der Waals surface area contributed by atoms with Gasteiger partial charge in [-0.15, -0.1) is 0 Å². The molecule has 0 unspecified atom stereocenters. The minimum Gasteiger partial charge on any atom is -0.357 e. The molecule has 0 saturated carbocycles. The van der Waals surface area contributed by atoms with Gasteiger partial charge < -0.3 is 9.88 Å². The zero-order valence-corrected chi connectivity index (χ0v) is 15.5. The fraction of sp³-hybridized carbons (Fsp3) is 0.429. The van der Waals surface area contributed by atoms with Crippen molar-refractivity contribution < 1.29 is 4.79 Å². The van der Waals surface area contributed by atoms with E-state index in [4.69, 9.17) is 0 Å². The summed E-state index contributed by atoms with van der Waals surface area (Å²) in [4.78, 5) is 18.0. The topological polar surface area (TPSA) is 64.8 Å². The molecular formula is C21H26N4O. The van der Waals surface area contributed by atoms with Crippen LogP contribution in [0, 0.1) is 0 Å². The van der Waals surface area contributed by atoms with Gasteiger partial charge in [-0.1, -0.05) is 18.2 Å². The highest BCUT2D eigenvalue weighted by Crippen LogP contribution is 2.25. The average molecular weight is 350 g/mol. The molecule has 0 bridgehead atoms.